The minimum absolute atomic E-state index is 0.0619. The van der Waals surface area contributed by atoms with Crippen LogP contribution in [0.4, 0.5) is 33.6 Å². The molecule has 0 fully saturated rings. The molecular formula is C28H20F5N7O3S. The van der Waals surface area contributed by atoms with Crippen LogP contribution in [0.2, 0.25) is 0 Å². The first-order valence-electron chi connectivity index (χ1n) is 12.9. The lowest BCUT2D eigenvalue weighted by molar-refractivity contribution is -0.285. The van der Waals surface area contributed by atoms with Crippen molar-refractivity contribution in [1.29, 1.82) is 0 Å². The van der Waals surface area contributed by atoms with Gasteiger partial charge < -0.3 is 16.2 Å². The standard InChI is InChI=1S/C28H20F5N7O3S/c1-26(25-35-16(12-44-25)13-5-4-6-14(11-13)23(41)42)18-20(34)36-22(37-21(18)38-24(26)43)19-15-7-2-3-8-17(15)40(39-19)10-9-27(29,30)28(31,32)33/h2-8,11-12H,9-10H2,1H3,(H,41,42)(H3,34,36,37,38,43). The summed E-state index contributed by atoms with van der Waals surface area (Å²) in [6, 6.07) is 12.5. The number of rotatable bonds is 7. The molecular weight excluding hydrogens is 609 g/mol. The summed E-state index contributed by atoms with van der Waals surface area (Å²) in [4.78, 5) is 38.2. The van der Waals surface area contributed by atoms with Crippen molar-refractivity contribution >= 4 is 45.8 Å². The van der Waals surface area contributed by atoms with E-state index >= 15 is 0 Å². The van der Waals surface area contributed by atoms with E-state index in [1.54, 1.807) is 42.6 Å². The molecule has 2 aromatic carbocycles. The fourth-order valence-electron chi connectivity index (χ4n) is 5.02. The number of hydrogen-bond acceptors (Lipinski definition) is 8. The van der Waals surface area contributed by atoms with E-state index in [1.807, 2.05) is 0 Å². The van der Waals surface area contributed by atoms with E-state index in [9.17, 15) is 36.6 Å². The summed E-state index contributed by atoms with van der Waals surface area (Å²) in [7, 11) is 0. The fraction of sp³-hybridized carbons (Fsp3) is 0.214. The minimum atomic E-state index is -5.71. The molecule has 44 heavy (non-hydrogen) atoms. The Morgan fingerprint density at radius 1 is 1.09 bits per heavy atom. The van der Waals surface area contributed by atoms with Gasteiger partial charge in [-0.05, 0) is 25.1 Å². The first-order valence-corrected chi connectivity index (χ1v) is 13.8. The van der Waals surface area contributed by atoms with Crippen LogP contribution in [0.1, 0.15) is 34.3 Å². The van der Waals surface area contributed by atoms with E-state index in [4.69, 9.17) is 5.73 Å². The minimum Gasteiger partial charge on any atom is -0.478 e. The lowest BCUT2D eigenvalue weighted by Crippen LogP contribution is -2.37. The van der Waals surface area contributed by atoms with Gasteiger partial charge in [0.15, 0.2) is 5.82 Å². The Morgan fingerprint density at radius 2 is 1.84 bits per heavy atom. The first-order chi connectivity index (χ1) is 20.7. The van der Waals surface area contributed by atoms with Crippen molar-refractivity contribution in [3.05, 3.63) is 70.0 Å². The molecule has 1 amide bonds. The quantitative estimate of drug-likeness (QED) is 0.193. The van der Waals surface area contributed by atoms with E-state index in [0.717, 1.165) is 16.0 Å². The summed E-state index contributed by atoms with van der Waals surface area (Å²) in [5, 5.41) is 18.7. The number of carbonyl (C=O) groups excluding carboxylic acids is 1. The van der Waals surface area contributed by atoms with E-state index in [-0.39, 0.29) is 39.8 Å². The second-order valence-electron chi connectivity index (χ2n) is 10.2. The molecule has 1 aliphatic rings. The van der Waals surface area contributed by atoms with Gasteiger partial charge in [-0.25, -0.2) is 19.7 Å². The number of amides is 1. The van der Waals surface area contributed by atoms with Gasteiger partial charge in [0.2, 0.25) is 5.91 Å². The number of carboxylic acid groups (broad SMARTS) is 1. The second-order valence-corrected chi connectivity index (χ2v) is 11.1. The van der Waals surface area contributed by atoms with Gasteiger partial charge in [0.05, 0.1) is 22.3 Å². The van der Waals surface area contributed by atoms with Crippen LogP contribution in [0.25, 0.3) is 33.7 Å². The summed E-state index contributed by atoms with van der Waals surface area (Å²) < 4.78 is 66.7. The van der Waals surface area contributed by atoms with Gasteiger partial charge in [-0.1, -0.05) is 30.3 Å². The number of aromatic carboxylic acids is 1. The smallest absolute Gasteiger partial charge is 0.453 e. The average molecular weight is 630 g/mol. The number of para-hydroxylation sites is 1. The molecule has 0 aliphatic carbocycles. The number of thiazole rings is 1. The number of aromatic nitrogens is 5. The van der Waals surface area contributed by atoms with Gasteiger partial charge in [0.1, 0.15) is 27.8 Å². The first kappa shape index (κ1) is 29.1. The highest BCUT2D eigenvalue weighted by molar-refractivity contribution is 7.10. The number of alkyl halides is 5. The average Bonchev–Trinajstić information content (AvgIpc) is 3.67. The van der Waals surface area contributed by atoms with Crippen LogP contribution in [-0.2, 0) is 16.8 Å². The Morgan fingerprint density at radius 3 is 2.57 bits per heavy atom. The number of aryl methyl sites for hydroxylation is 1. The number of carboxylic acids is 1. The van der Waals surface area contributed by atoms with Crippen molar-refractivity contribution in [2.45, 2.75) is 37.4 Å². The number of carbonyl (C=O) groups is 2. The summed E-state index contributed by atoms with van der Waals surface area (Å²) in [5.74, 6) is -6.64. The van der Waals surface area contributed by atoms with Crippen molar-refractivity contribution in [2.24, 2.45) is 0 Å². The zero-order chi connectivity index (χ0) is 31.6. The van der Waals surface area contributed by atoms with Gasteiger partial charge >= 0.3 is 18.1 Å². The molecule has 3 aromatic heterocycles. The van der Waals surface area contributed by atoms with Crippen LogP contribution in [0.3, 0.4) is 0 Å². The number of anilines is 2. The highest BCUT2D eigenvalue weighted by atomic mass is 32.1. The Bertz CT molecular complexity index is 1970. The SMILES string of the molecule is CC1(c2nc(-c3cccc(C(=O)O)c3)cs2)C(=O)Nc2nc(-c3nn(CCC(F)(F)C(F)(F)F)c4ccccc34)nc(N)c21. The van der Waals surface area contributed by atoms with Gasteiger partial charge in [-0.15, -0.1) is 11.3 Å². The maximum atomic E-state index is 13.7. The highest BCUT2D eigenvalue weighted by Crippen LogP contribution is 2.47. The maximum absolute atomic E-state index is 13.7. The molecule has 226 valence electrons. The predicted octanol–water partition coefficient (Wildman–Crippen LogP) is 5.74. The van der Waals surface area contributed by atoms with Gasteiger partial charge in [-0.2, -0.15) is 27.1 Å². The number of fused-ring (bicyclic) bond motifs is 2. The third-order valence-electron chi connectivity index (χ3n) is 7.38. The van der Waals surface area contributed by atoms with Crippen molar-refractivity contribution in [1.82, 2.24) is 24.7 Å². The molecule has 4 N–H and O–H groups in total. The van der Waals surface area contributed by atoms with Crippen LogP contribution in [0.15, 0.2) is 53.9 Å². The molecule has 0 saturated heterocycles. The number of benzene rings is 2. The largest absolute Gasteiger partial charge is 0.478 e. The van der Waals surface area contributed by atoms with Crippen LogP contribution in [0.5, 0.6) is 0 Å². The van der Waals surface area contributed by atoms with Gasteiger partial charge in [-0.3, -0.25) is 9.48 Å². The van der Waals surface area contributed by atoms with E-state index in [0.29, 0.717) is 21.7 Å². The predicted molar refractivity (Wildman–Crippen MR) is 150 cm³/mol. The lowest BCUT2D eigenvalue weighted by atomic mass is 9.85. The second kappa shape index (κ2) is 10.0. The van der Waals surface area contributed by atoms with E-state index < -0.39 is 42.4 Å². The number of nitrogens with one attached hydrogen (secondary N) is 1. The van der Waals surface area contributed by atoms with Crippen molar-refractivity contribution < 1.29 is 36.6 Å². The number of halogens is 5. The number of nitrogen functional groups attached to an aromatic ring is 1. The van der Waals surface area contributed by atoms with Crippen molar-refractivity contribution in [3.8, 4) is 22.8 Å². The van der Waals surface area contributed by atoms with Crippen LogP contribution in [0, 0.1) is 0 Å². The summed E-state index contributed by atoms with van der Waals surface area (Å²) in [6.45, 7) is 0.846. The topological polar surface area (TPSA) is 149 Å². The van der Waals surface area contributed by atoms with Gasteiger partial charge in [0.25, 0.3) is 0 Å². The number of nitrogens with zero attached hydrogens (tertiary/aromatic N) is 5. The molecule has 16 heteroatoms. The molecule has 0 radical (unpaired) electrons. The van der Waals surface area contributed by atoms with Crippen LogP contribution in [-0.4, -0.2) is 53.8 Å². The molecule has 4 heterocycles. The van der Waals surface area contributed by atoms with Crippen LogP contribution >= 0.6 is 11.3 Å². The molecule has 10 nitrogen and oxygen atoms in total. The fourth-order valence-corrected chi connectivity index (χ4v) is 6.01. The number of nitrogens with two attached hydrogens (primary N) is 1. The summed E-state index contributed by atoms with van der Waals surface area (Å²) in [6.07, 6.45) is -7.23. The maximum Gasteiger partial charge on any atom is 0.453 e. The van der Waals surface area contributed by atoms with Crippen molar-refractivity contribution in [3.63, 3.8) is 0 Å². The molecule has 1 aliphatic heterocycles. The Balaban J connectivity index is 1.38. The highest BCUT2D eigenvalue weighted by Gasteiger charge is 2.57. The van der Waals surface area contributed by atoms with E-state index in [1.165, 1.54) is 18.2 Å². The summed E-state index contributed by atoms with van der Waals surface area (Å²) in [5.41, 5.74) is 6.59. The number of hydrogen-bond donors (Lipinski definition) is 3. The Labute approximate surface area is 248 Å². The summed E-state index contributed by atoms with van der Waals surface area (Å²) >= 11 is 1.16. The van der Waals surface area contributed by atoms with Crippen molar-refractivity contribution in [2.75, 3.05) is 11.1 Å². The molecule has 6 rings (SSSR count). The molecule has 0 spiro atoms. The van der Waals surface area contributed by atoms with E-state index in [2.05, 4.69) is 25.4 Å². The zero-order valence-electron chi connectivity index (χ0n) is 22.5. The van der Waals surface area contributed by atoms with Gasteiger partial charge in [0, 0.05) is 29.3 Å². The molecule has 1 unspecified atom stereocenters. The Kier molecular flexibility index (Phi) is 6.64. The molecule has 0 bridgehead atoms. The third kappa shape index (κ3) is 4.61. The lowest BCUT2D eigenvalue weighted by Gasteiger charge is -2.20. The molecule has 0 saturated carbocycles. The monoisotopic (exact) mass is 629 g/mol. The molecule has 1 atom stereocenters. The third-order valence-corrected chi connectivity index (χ3v) is 8.45. The zero-order valence-corrected chi connectivity index (χ0v) is 23.3. The van der Waals surface area contributed by atoms with Crippen LogP contribution < -0.4 is 11.1 Å². The Hall–Kier alpha value is -4.99. The molecule has 5 aromatic rings. The normalized spacial score (nSPS) is 16.7.